The molecule has 0 aliphatic rings. The van der Waals surface area contributed by atoms with Crippen molar-refractivity contribution in [1.29, 1.82) is 0 Å². The summed E-state index contributed by atoms with van der Waals surface area (Å²) in [5, 5.41) is 6.21. The topological polar surface area (TPSA) is 98.2 Å². The summed E-state index contributed by atoms with van der Waals surface area (Å²) < 4.78 is 15.3. The highest BCUT2D eigenvalue weighted by atomic mass is 16.5. The minimum absolute atomic E-state index is 0.309. The molecule has 0 atom stereocenters. The van der Waals surface area contributed by atoms with Crippen molar-refractivity contribution in [2.45, 2.75) is 0 Å². The number of nitrogens with zero attached hydrogens (tertiary/aromatic N) is 1. The predicted octanol–water partition coefficient (Wildman–Crippen LogP) is 1.80. The fraction of sp³-hybridized carbons (Fsp3) is 0.167. The van der Waals surface area contributed by atoms with E-state index in [9.17, 15) is 9.59 Å². The van der Waals surface area contributed by atoms with E-state index in [2.05, 4.69) is 15.8 Å². The molecular formula is C18H19N3O5. The molecule has 2 aromatic carbocycles. The molecule has 0 aliphatic heterocycles. The van der Waals surface area contributed by atoms with Crippen LogP contribution in [0.15, 0.2) is 47.6 Å². The van der Waals surface area contributed by atoms with E-state index in [0.29, 0.717) is 28.5 Å². The number of anilines is 1. The molecule has 0 bridgehead atoms. The van der Waals surface area contributed by atoms with Crippen LogP contribution in [0.3, 0.4) is 0 Å². The van der Waals surface area contributed by atoms with Crippen LogP contribution in [0.1, 0.15) is 5.56 Å². The number of hydrazone groups is 1. The van der Waals surface area contributed by atoms with Gasteiger partial charge in [-0.1, -0.05) is 12.1 Å². The Morgan fingerprint density at radius 3 is 2.35 bits per heavy atom. The number of hydrogen-bond acceptors (Lipinski definition) is 6. The predicted molar refractivity (Wildman–Crippen MR) is 96.9 cm³/mol. The normalized spacial score (nSPS) is 10.3. The van der Waals surface area contributed by atoms with Crippen LogP contribution in [-0.2, 0) is 9.59 Å². The van der Waals surface area contributed by atoms with Crippen LogP contribution in [0.2, 0.25) is 0 Å². The molecule has 0 saturated heterocycles. The first-order valence-corrected chi connectivity index (χ1v) is 7.58. The van der Waals surface area contributed by atoms with Crippen molar-refractivity contribution in [2.75, 3.05) is 26.6 Å². The van der Waals surface area contributed by atoms with Crippen molar-refractivity contribution in [2.24, 2.45) is 5.10 Å². The van der Waals surface area contributed by atoms with Crippen molar-refractivity contribution < 1.29 is 23.8 Å². The highest BCUT2D eigenvalue weighted by Crippen LogP contribution is 2.28. The molecule has 8 nitrogen and oxygen atoms in total. The third kappa shape index (κ3) is 4.97. The molecule has 2 N–H and O–H groups in total. The second-order valence-electron chi connectivity index (χ2n) is 5.00. The van der Waals surface area contributed by atoms with Crippen LogP contribution in [0, 0.1) is 0 Å². The molecule has 0 unspecified atom stereocenters. The van der Waals surface area contributed by atoms with Gasteiger partial charge in [-0.25, -0.2) is 5.43 Å². The number of nitrogens with one attached hydrogen (secondary N) is 2. The average molecular weight is 357 g/mol. The van der Waals surface area contributed by atoms with Crippen molar-refractivity contribution in [3.05, 3.63) is 48.0 Å². The third-order valence-electron chi connectivity index (χ3n) is 3.33. The van der Waals surface area contributed by atoms with Crippen LogP contribution in [0.25, 0.3) is 0 Å². The zero-order valence-corrected chi connectivity index (χ0v) is 14.6. The van der Waals surface area contributed by atoms with E-state index in [4.69, 9.17) is 14.2 Å². The lowest BCUT2D eigenvalue weighted by molar-refractivity contribution is -0.136. The van der Waals surface area contributed by atoms with Crippen LogP contribution in [0.4, 0.5) is 5.69 Å². The smallest absolute Gasteiger partial charge is 0.329 e. The summed E-state index contributed by atoms with van der Waals surface area (Å²) in [4.78, 5) is 23.9. The molecule has 2 aromatic rings. The van der Waals surface area contributed by atoms with E-state index in [1.165, 1.54) is 20.4 Å². The monoisotopic (exact) mass is 357 g/mol. The molecule has 0 heterocycles. The van der Waals surface area contributed by atoms with E-state index in [1.807, 2.05) is 0 Å². The number of methoxy groups -OCH3 is 3. The van der Waals surface area contributed by atoms with Gasteiger partial charge in [0.2, 0.25) is 0 Å². The Labute approximate surface area is 150 Å². The summed E-state index contributed by atoms with van der Waals surface area (Å²) in [6, 6.07) is 11.9. The molecular weight excluding hydrogens is 338 g/mol. The Kier molecular flexibility index (Phi) is 6.55. The summed E-state index contributed by atoms with van der Waals surface area (Å²) >= 11 is 0. The zero-order valence-electron chi connectivity index (χ0n) is 14.6. The Bertz CT molecular complexity index is 820. The maximum atomic E-state index is 12.0. The summed E-state index contributed by atoms with van der Waals surface area (Å²) in [7, 11) is 4.50. The van der Waals surface area contributed by atoms with E-state index in [1.54, 1.807) is 49.6 Å². The van der Waals surface area contributed by atoms with Crippen molar-refractivity contribution >= 4 is 23.7 Å². The van der Waals surface area contributed by atoms with Crippen molar-refractivity contribution in [3.63, 3.8) is 0 Å². The number of rotatable bonds is 6. The number of benzene rings is 2. The number of carbonyl (C=O) groups is 2. The summed E-state index contributed by atoms with van der Waals surface area (Å²) in [6.07, 6.45) is 1.40. The molecule has 2 rings (SSSR count). The minimum atomic E-state index is -0.922. The van der Waals surface area contributed by atoms with Gasteiger partial charge in [0, 0.05) is 6.07 Å². The van der Waals surface area contributed by atoms with Gasteiger partial charge in [0.1, 0.15) is 17.2 Å². The molecule has 136 valence electrons. The first-order chi connectivity index (χ1) is 12.6. The van der Waals surface area contributed by atoms with Gasteiger partial charge in [-0.15, -0.1) is 0 Å². The van der Waals surface area contributed by atoms with Crippen LogP contribution in [-0.4, -0.2) is 39.4 Å². The molecule has 8 heteroatoms. The maximum absolute atomic E-state index is 12.0. The first-order valence-electron chi connectivity index (χ1n) is 7.58. The lowest BCUT2D eigenvalue weighted by atomic mass is 10.2. The Morgan fingerprint density at radius 1 is 0.923 bits per heavy atom. The molecule has 0 spiro atoms. The largest absolute Gasteiger partial charge is 0.497 e. The van der Waals surface area contributed by atoms with E-state index < -0.39 is 11.8 Å². The standard InChI is InChI=1S/C18H19N3O5/c1-24-13-6-4-5-12(9-13)11-19-21-18(23)17(22)20-15-10-14(25-2)7-8-16(15)26-3/h4-11H,1-3H3,(H,20,22)(H,21,23)/b19-11+. The van der Waals surface area contributed by atoms with E-state index in [0.717, 1.165) is 0 Å². The van der Waals surface area contributed by atoms with Gasteiger partial charge in [-0.05, 0) is 29.8 Å². The molecule has 0 saturated carbocycles. The van der Waals surface area contributed by atoms with Gasteiger partial charge in [0.05, 0.1) is 33.2 Å². The second kappa shape index (κ2) is 9.07. The highest BCUT2D eigenvalue weighted by Gasteiger charge is 2.16. The number of carbonyl (C=O) groups excluding carboxylic acids is 2. The van der Waals surface area contributed by atoms with Gasteiger partial charge in [0.15, 0.2) is 0 Å². The fourth-order valence-electron chi connectivity index (χ4n) is 2.03. The third-order valence-corrected chi connectivity index (χ3v) is 3.33. The number of ether oxygens (including phenoxy) is 3. The number of amides is 2. The van der Waals surface area contributed by atoms with E-state index in [-0.39, 0.29) is 0 Å². The molecule has 0 aromatic heterocycles. The Morgan fingerprint density at radius 2 is 1.65 bits per heavy atom. The zero-order chi connectivity index (χ0) is 18.9. The Hall–Kier alpha value is -3.55. The molecule has 0 aliphatic carbocycles. The summed E-state index contributed by atoms with van der Waals surface area (Å²) in [6.45, 7) is 0. The van der Waals surface area contributed by atoms with E-state index >= 15 is 0 Å². The van der Waals surface area contributed by atoms with Crippen LogP contribution < -0.4 is 25.0 Å². The molecule has 26 heavy (non-hydrogen) atoms. The van der Waals surface area contributed by atoms with Crippen LogP contribution >= 0.6 is 0 Å². The highest BCUT2D eigenvalue weighted by molar-refractivity contribution is 6.39. The SMILES string of the molecule is COc1cccc(/C=N/NC(=O)C(=O)Nc2cc(OC)ccc2OC)c1. The van der Waals surface area contributed by atoms with Crippen molar-refractivity contribution in [1.82, 2.24) is 5.43 Å². The average Bonchev–Trinajstić information content (AvgIpc) is 2.67. The minimum Gasteiger partial charge on any atom is -0.497 e. The lowest BCUT2D eigenvalue weighted by Crippen LogP contribution is -2.32. The fourth-order valence-corrected chi connectivity index (χ4v) is 2.03. The maximum Gasteiger partial charge on any atom is 0.329 e. The van der Waals surface area contributed by atoms with Gasteiger partial charge in [0.25, 0.3) is 0 Å². The summed E-state index contributed by atoms with van der Waals surface area (Å²) in [5.41, 5.74) is 3.18. The summed E-state index contributed by atoms with van der Waals surface area (Å²) in [5.74, 6) is -0.249. The van der Waals surface area contributed by atoms with Gasteiger partial charge >= 0.3 is 11.8 Å². The molecule has 0 fully saturated rings. The van der Waals surface area contributed by atoms with Gasteiger partial charge in [-0.3, -0.25) is 9.59 Å². The first kappa shape index (κ1) is 18.8. The lowest BCUT2D eigenvalue weighted by Gasteiger charge is -2.11. The number of hydrogen-bond donors (Lipinski definition) is 2. The Balaban J connectivity index is 1.99. The van der Waals surface area contributed by atoms with Gasteiger partial charge in [-0.2, -0.15) is 5.10 Å². The quantitative estimate of drug-likeness (QED) is 0.467. The molecule has 0 radical (unpaired) electrons. The van der Waals surface area contributed by atoms with Gasteiger partial charge < -0.3 is 19.5 Å². The second-order valence-corrected chi connectivity index (χ2v) is 5.00. The molecule has 2 amide bonds. The van der Waals surface area contributed by atoms with Crippen molar-refractivity contribution in [3.8, 4) is 17.2 Å². The van der Waals surface area contributed by atoms with Crippen LogP contribution in [0.5, 0.6) is 17.2 Å².